The highest BCUT2D eigenvalue weighted by molar-refractivity contribution is 5.17. The molecule has 1 unspecified atom stereocenters. The molecule has 0 radical (unpaired) electrons. The van der Waals surface area contributed by atoms with E-state index < -0.39 is 0 Å². The summed E-state index contributed by atoms with van der Waals surface area (Å²) in [5, 5.41) is 3.47. The second-order valence-corrected chi connectivity index (χ2v) is 5.87. The average molecular weight is 263 g/mol. The van der Waals surface area contributed by atoms with Crippen LogP contribution in [0.1, 0.15) is 52.2 Å². The number of hydrogen-bond donors (Lipinski definition) is 1. The van der Waals surface area contributed by atoms with Crippen molar-refractivity contribution < 1.29 is 4.74 Å². The lowest BCUT2D eigenvalue weighted by Gasteiger charge is -2.20. The molecule has 1 aromatic carbocycles. The summed E-state index contributed by atoms with van der Waals surface area (Å²) in [4.78, 5) is 0. The third-order valence-electron chi connectivity index (χ3n) is 3.13. The summed E-state index contributed by atoms with van der Waals surface area (Å²) in [6.45, 7) is 10.6. The van der Waals surface area contributed by atoms with Crippen LogP contribution in [0.3, 0.4) is 0 Å². The smallest absolute Gasteiger partial charge is 0.0949 e. The number of hydrogen-bond acceptors (Lipinski definition) is 2. The lowest BCUT2D eigenvalue weighted by atomic mass is 10.1. The normalized spacial score (nSPS) is 13.2. The Morgan fingerprint density at radius 1 is 1.05 bits per heavy atom. The summed E-state index contributed by atoms with van der Waals surface area (Å²) in [5.74, 6) is 0.757. The van der Waals surface area contributed by atoms with Crippen molar-refractivity contribution in [2.45, 2.75) is 52.7 Å². The van der Waals surface area contributed by atoms with E-state index in [2.05, 4.69) is 63.3 Å². The molecule has 1 N–H and O–H groups in total. The predicted molar refractivity (Wildman–Crippen MR) is 82.3 cm³/mol. The van der Waals surface area contributed by atoms with Crippen LogP contribution in [0, 0.1) is 5.92 Å². The number of nitrogens with one attached hydrogen (secondary N) is 1. The first-order chi connectivity index (χ1) is 9.09. The van der Waals surface area contributed by atoms with Gasteiger partial charge in [-0.05, 0) is 24.3 Å². The summed E-state index contributed by atoms with van der Waals surface area (Å²) in [5.41, 5.74) is 1.26. The molecule has 19 heavy (non-hydrogen) atoms. The van der Waals surface area contributed by atoms with Gasteiger partial charge in [0.25, 0.3) is 0 Å². The van der Waals surface area contributed by atoms with Gasteiger partial charge in [-0.15, -0.1) is 0 Å². The molecule has 0 spiro atoms. The highest BCUT2D eigenvalue weighted by Gasteiger charge is 2.12. The summed E-state index contributed by atoms with van der Waals surface area (Å²) < 4.78 is 6.07. The number of ether oxygens (including phenoxy) is 1. The van der Waals surface area contributed by atoms with Crippen molar-refractivity contribution in [3.8, 4) is 0 Å². The van der Waals surface area contributed by atoms with Crippen LogP contribution in [0.15, 0.2) is 30.3 Å². The summed E-state index contributed by atoms with van der Waals surface area (Å²) in [6, 6.07) is 11.0. The molecule has 0 aliphatic heterocycles. The molecule has 0 saturated heterocycles. The Balaban J connectivity index is 2.45. The van der Waals surface area contributed by atoms with E-state index in [0.29, 0.717) is 6.04 Å². The lowest BCUT2D eigenvalue weighted by molar-refractivity contribution is 0.0474. The molecule has 0 fully saturated rings. The molecule has 0 saturated carbocycles. The third-order valence-corrected chi connectivity index (χ3v) is 3.13. The van der Waals surface area contributed by atoms with Crippen LogP contribution in [0.2, 0.25) is 0 Å². The minimum Gasteiger partial charge on any atom is -0.372 e. The molecule has 0 aliphatic carbocycles. The molecule has 1 aromatic rings. The van der Waals surface area contributed by atoms with Gasteiger partial charge in [0.15, 0.2) is 0 Å². The molecule has 0 aliphatic rings. The third kappa shape index (κ3) is 7.34. The predicted octanol–water partition coefficient (Wildman–Crippen LogP) is 4.18. The molecule has 108 valence electrons. The van der Waals surface area contributed by atoms with E-state index in [1.807, 2.05) is 0 Å². The Hall–Kier alpha value is -0.860. The van der Waals surface area contributed by atoms with E-state index >= 15 is 0 Å². The van der Waals surface area contributed by atoms with Gasteiger partial charge in [-0.3, -0.25) is 0 Å². The van der Waals surface area contributed by atoms with E-state index in [1.165, 1.54) is 12.0 Å². The van der Waals surface area contributed by atoms with Gasteiger partial charge in [0.05, 0.1) is 6.10 Å². The van der Waals surface area contributed by atoms with Crippen LogP contribution in [0.5, 0.6) is 0 Å². The summed E-state index contributed by atoms with van der Waals surface area (Å²) in [7, 11) is 0. The Kier molecular flexibility index (Phi) is 7.76. The zero-order valence-electron chi connectivity index (χ0n) is 12.9. The van der Waals surface area contributed by atoms with Gasteiger partial charge in [0.1, 0.15) is 0 Å². The lowest BCUT2D eigenvalue weighted by Crippen LogP contribution is -2.29. The molecule has 1 atom stereocenters. The van der Waals surface area contributed by atoms with E-state index in [1.54, 1.807) is 0 Å². The quantitative estimate of drug-likeness (QED) is 0.675. The van der Waals surface area contributed by atoms with Crippen molar-refractivity contribution in [3.63, 3.8) is 0 Å². The van der Waals surface area contributed by atoms with Crippen LogP contribution < -0.4 is 5.32 Å². The van der Waals surface area contributed by atoms with Gasteiger partial charge in [-0.25, -0.2) is 0 Å². The van der Waals surface area contributed by atoms with Crippen molar-refractivity contribution >= 4 is 0 Å². The standard InChI is InChI=1S/C17H29NO/c1-14(2)9-8-12-19-17(13-18-15(3)4)16-10-6-5-7-11-16/h5-7,10-11,14-15,17-18H,8-9,12-13H2,1-4H3. The first-order valence-electron chi connectivity index (χ1n) is 7.49. The maximum absolute atomic E-state index is 6.07. The van der Waals surface area contributed by atoms with Crippen molar-refractivity contribution in [2.75, 3.05) is 13.2 Å². The number of rotatable bonds is 9. The molecule has 0 bridgehead atoms. The van der Waals surface area contributed by atoms with Crippen molar-refractivity contribution in [1.29, 1.82) is 0 Å². The molecular weight excluding hydrogens is 234 g/mol. The zero-order chi connectivity index (χ0) is 14.1. The Bertz CT molecular complexity index is 321. The SMILES string of the molecule is CC(C)CCCOC(CNC(C)C)c1ccccc1. The zero-order valence-corrected chi connectivity index (χ0v) is 12.9. The van der Waals surface area contributed by atoms with Crippen molar-refractivity contribution in [3.05, 3.63) is 35.9 Å². The summed E-state index contributed by atoms with van der Waals surface area (Å²) >= 11 is 0. The maximum Gasteiger partial charge on any atom is 0.0949 e. The molecular formula is C17H29NO. The van der Waals surface area contributed by atoms with Gasteiger partial charge in [-0.2, -0.15) is 0 Å². The van der Waals surface area contributed by atoms with E-state index in [9.17, 15) is 0 Å². The van der Waals surface area contributed by atoms with Crippen LogP contribution in [-0.2, 0) is 4.74 Å². The van der Waals surface area contributed by atoms with Crippen LogP contribution in [0.25, 0.3) is 0 Å². The topological polar surface area (TPSA) is 21.3 Å². The van der Waals surface area contributed by atoms with E-state index in [-0.39, 0.29) is 6.10 Å². The minimum atomic E-state index is 0.163. The van der Waals surface area contributed by atoms with Crippen molar-refractivity contribution in [2.24, 2.45) is 5.92 Å². The van der Waals surface area contributed by atoms with Crippen LogP contribution in [-0.4, -0.2) is 19.2 Å². The fourth-order valence-electron chi connectivity index (χ4n) is 2.00. The molecule has 0 amide bonds. The van der Waals surface area contributed by atoms with Gasteiger partial charge in [0, 0.05) is 19.2 Å². The van der Waals surface area contributed by atoms with E-state index in [0.717, 1.165) is 25.5 Å². The van der Waals surface area contributed by atoms with Crippen molar-refractivity contribution in [1.82, 2.24) is 5.32 Å². The van der Waals surface area contributed by atoms with Gasteiger partial charge in [-0.1, -0.05) is 58.0 Å². The Labute approximate surface area is 118 Å². The van der Waals surface area contributed by atoms with Gasteiger partial charge >= 0.3 is 0 Å². The molecule has 0 heterocycles. The first kappa shape index (κ1) is 16.2. The van der Waals surface area contributed by atoms with Gasteiger partial charge in [0.2, 0.25) is 0 Å². The van der Waals surface area contributed by atoms with Crippen LogP contribution in [0.4, 0.5) is 0 Å². The molecule has 0 aromatic heterocycles. The molecule has 1 rings (SSSR count). The van der Waals surface area contributed by atoms with Gasteiger partial charge < -0.3 is 10.1 Å². The first-order valence-corrected chi connectivity index (χ1v) is 7.49. The minimum absolute atomic E-state index is 0.163. The molecule has 2 heteroatoms. The maximum atomic E-state index is 6.07. The second-order valence-electron chi connectivity index (χ2n) is 5.87. The second kappa shape index (κ2) is 9.11. The molecule has 2 nitrogen and oxygen atoms in total. The monoisotopic (exact) mass is 263 g/mol. The number of benzene rings is 1. The Morgan fingerprint density at radius 2 is 1.74 bits per heavy atom. The fourth-order valence-corrected chi connectivity index (χ4v) is 2.00. The van der Waals surface area contributed by atoms with E-state index in [4.69, 9.17) is 4.74 Å². The highest BCUT2D eigenvalue weighted by Crippen LogP contribution is 2.17. The Morgan fingerprint density at radius 3 is 2.32 bits per heavy atom. The largest absolute Gasteiger partial charge is 0.372 e. The average Bonchev–Trinajstić information content (AvgIpc) is 2.38. The summed E-state index contributed by atoms with van der Waals surface area (Å²) in [6.07, 6.45) is 2.54. The van der Waals surface area contributed by atoms with Crippen LogP contribution >= 0.6 is 0 Å². The fraction of sp³-hybridized carbons (Fsp3) is 0.647. The highest BCUT2D eigenvalue weighted by atomic mass is 16.5.